The lowest BCUT2D eigenvalue weighted by molar-refractivity contribution is 0.199. The highest BCUT2D eigenvalue weighted by molar-refractivity contribution is 5.82. The van der Waals surface area contributed by atoms with Gasteiger partial charge in [-0.05, 0) is 30.2 Å². The first kappa shape index (κ1) is 15.3. The van der Waals surface area contributed by atoms with Gasteiger partial charge in [0.25, 0.3) is 0 Å². The fourth-order valence-corrected chi connectivity index (χ4v) is 3.72. The summed E-state index contributed by atoms with van der Waals surface area (Å²) < 4.78 is 0. The van der Waals surface area contributed by atoms with Gasteiger partial charge in [-0.1, -0.05) is 48.0 Å². The molecule has 2 heterocycles. The molecule has 1 aromatic heterocycles. The Balaban J connectivity index is 1.88. The Hall–Kier alpha value is -2.23. The van der Waals surface area contributed by atoms with Crippen LogP contribution in [0.4, 0.5) is 0 Å². The van der Waals surface area contributed by atoms with E-state index in [1.807, 2.05) is 6.20 Å². The number of pyridine rings is 1. The SMILES string of the molecule is Cc1cccc(C(c2ccnc3ccccc23)N2CCNCC2)c1. The second kappa shape index (κ2) is 6.71. The molecule has 0 spiro atoms. The highest BCUT2D eigenvalue weighted by Gasteiger charge is 2.25. The van der Waals surface area contributed by atoms with Crippen LogP contribution in [0.15, 0.2) is 60.8 Å². The van der Waals surface area contributed by atoms with Crippen LogP contribution in [0.25, 0.3) is 10.9 Å². The zero-order chi connectivity index (χ0) is 16.4. The zero-order valence-electron chi connectivity index (χ0n) is 14.1. The molecule has 3 heteroatoms. The minimum atomic E-state index is 0.278. The average molecular weight is 317 g/mol. The van der Waals surface area contributed by atoms with Crippen molar-refractivity contribution in [2.45, 2.75) is 13.0 Å². The van der Waals surface area contributed by atoms with Crippen molar-refractivity contribution in [3.63, 3.8) is 0 Å². The molecule has 2 aromatic carbocycles. The first-order chi connectivity index (χ1) is 11.8. The summed E-state index contributed by atoms with van der Waals surface area (Å²) in [4.78, 5) is 7.14. The molecule has 3 aromatic rings. The minimum absolute atomic E-state index is 0.278. The van der Waals surface area contributed by atoms with Crippen molar-refractivity contribution in [2.24, 2.45) is 0 Å². The molecule has 1 fully saturated rings. The number of nitrogens with one attached hydrogen (secondary N) is 1. The van der Waals surface area contributed by atoms with Crippen molar-refractivity contribution in [3.8, 4) is 0 Å². The molecule has 0 saturated carbocycles. The number of aromatic nitrogens is 1. The number of nitrogens with zero attached hydrogens (tertiary/aromatic N) is 2. The van der Waals surface area contributed by atoms with Gasteiger partial charge in [0.05, 0.1) is 11.6 Å². The molecule has 1 aliphatic rings. The van der Waals surface area contributed by atoms with Crippen LogP contribution >= 0.6 is 0 Å². The number of rotatable bonds is 3. The van der Waals surface area contributed by atoms with Crippen molar-refractivity contribution in [2.75, 3.05) is 26.2 Å². The maximum Gasteiger partial charge on any atom is 0.0705 e. The Morgan fingerprint density at radius 3 is 2.67 bits per heavy atom. The van der Waals surface area contributed by atoms with Gasteiger partial charge in [0.2, 0.25) is 0 Å². The van der Waals surface area contributed by atoms with Gasteiger partial charge >= 0.3 is 0 Å². The molecule has 1 N–H and O–H groups in total. The van der Waals surface area contributed by atoms with Crippen LogP contribution in [0.3, 0.4) is 0 Å². The normalized spacial score (nSPS) is 17.0. The minimum Gasteiger partial charge on any atom is -0.314 e. The standard InChI is InChI=1S/C21H23N3/c1-16-5-4-6-17(15-16)21(24-13-11-22-12-14-24)19-9-10-23-20-8-3-2-7-18(19)20/h2-10,15,21-22H,11-14H2,1H3. The lowest BCUT2D eigenvalue weighted by Gasteiger charge is -2.36. The third kappa shape index (κ3) is 2.93. The fourth-order valence-electron chi connectivity index (χ4n) is 3.72. The van der Waals surface area contributed by atoms with Crippen LogP contribution in [0.2, 0.25) is 0 Å². The van der Waals surface area contributed by atoms with E-state index in [1.165, 1.54) is 22.1 Å². The molecule has 1 saturated heterocycles. The molecule has 4 rings (SSSR count). The number of fused-ring (bicyclic) bond motifs is 1. The second-order valence-electron chi connectivity index (χ2n) is 6.52. The number of aryl methyl sites for hydroxylation is 1. The third-order valence-electron chi connectivity index (χ3n) is 4.85. The predicted molar refractivity (Wildman–Crippen MR) is 99.2 cm³/mol. The molecule has 0 aliphatic carbocycles. The fraction of sp³-hybridized carbons (Fsp3) is 0.286. The van der Waals surface area contributed by atoms with E-state index in [1.54, 1.807) is 0 Å². The zero-order valence-corrected chi connectivity index (χ0v) is 14.1. The van der Waals surface area contributed by atoms with Crippen LogP contribution in [-0.4, -0.2) is 36.1 Å². The van der Waals surface area contributed by atoms with E-state index in [0.29, 0.717) is 0 Å². The van der Waals surface area contributed by atoms with Gasteiger partial charge < -0.3 is 5.32 Å². The molecule has 1 atom stereocenters. The van der Waals surface area contributed by atoms with Gasteiger partial charge in [-0.3, -0.25) is 9.88 Å². The summed E-state index contributed by atoms with van der Waals surface area (Å²) in [6.45, 7) is 6.39. The molecule has 0 amide bonds. The van der Waals surface area contributed by atoms with Crippen LogP contribution in [-0.2, 0) is 0 Å². The number of piperazine rings is 1. The molecule has 24 heavy (non-hydrogen) atoms. The maximum absolute atomic E-state index is 4.55. The van der Waals surface area contributed by atoms with E-state index in [4.69, 9.17) is 0 Å². The van der Waals surface area contributed by atoms with Crippen molar-refractivity contribution in [1.29, 1.82) is 0 Å². The molecule has 0 bridgehead atoms. The Morgan fingerprint density at radius 1 is 1.00 bits per heavy atom. The molecule has 1 aliphatic heterocycles. The van der Waals surface area contributed by atoms with Crippen LogP contribution in [0.5, 0.6) is 0 Å². The lowest BCUT2D eigenvalue weighted by atomic mass is 9.93. The smallest absolute Gasteiger partial charge is 0.0705 e. The number of para-hydroxylation sites is 1. The molecule has 1 unspecified atom stereocenters. The van der Waals surface area contributed by atoms with Crippen LogP contribution < -0.4 is 5.32 Å². The topological polar surface area (TPSA) is 28.2 Å². The van der Waals surface area contributed by atoms with E-state index in [-0.39, 0.29) is 6.04 Å². The van der Waals surface area contributed by atoms with E-state index in [2.05, 4.69) is 76.7 Å². The van der Waals surface area contributed by atoms with Gasteiger partial charge in [0.15, 0.2) is 0 Å². The summed E-state index contributed by atoms with van der Waals surface area (Å²) in [6.07, 6.45) is 1.95. The summed E-state index contributed by atoms with van der Waals surface area (Å²) in [5.74, 6) is 0. The Kier molecular flexibility index (Phi) is 4.28. The monoisotopic (exact) mass is 317 g/mol. The van der Waals surface area contributed by atoms with Crippen LogP contribution in [0.1, 0.15) is 22.7 Å². The van der Waals surface area contributed by atoms with E-state index in [9.17, 15) is 0 Å². The molecule has 0 radical (unpaired) electrons. The summed E-state index contributed by atoms with van der Waals surface area (Å²) in [7, 11) is 0. The molecule has 122 valence electrons. The number of hydrogen-bond acceptors (Lipinski definition) is 3. The highest BCUT2D eigenvalue weighted by atomic mass is 15.2. The summed E-state index contributed by atoms with van der Waals surface area (Å²) in [6, 6.07) is 19.9. The van der Waals surface area contributed by atoms with E-state index >= 15 is 0 Å². The summed E-state index contributed by atoms with van der Waals surface area (Å²) in [5.41, 5.74) is 5.11. The molecular formula is C21H23N3. The number of benzene rings is 2. The summed E-state index contributed by atoms with van der Waals surface area (Å²) in [5, 5.41) is 4.72. The first-order valence-electron chi connectivity index (χ1n) is 8.68. The van der Waals surface area contributed by atoms with E-state index in [0.717, 1.165) is 31.7 Å². The first-order valence-corrected chi connectivity index (χ1v) is 8.68. The Bertz CT molecular complexity index is 832. The van der Waals surface area contributed by atoms with Crippen molar-refractivity contribution in [1.82, 2.24) is 15.2 Å². The van der Waals surface area contributed by atoms with Crippen molar-refractivity contribution in [3.05, 3.63) is 77.5 Å². The van der Waals surface area contributed by atoms with Crippen molar-refractivity contribution >= 4 is 10.9 Å². The lowest BCUT2D eigenvalue weighted by Crippen LogP contribution is -2.45. The molecular weight excluding hydrogens is 294 g/mol. The summed E-state index contributed by atoms with van der Waals surface area (Å²) >= 11 is 0. The Morgan fingerprint density at radius 2 is 1.83 bits per heavy atom. The van der Waals surface area contributed by atoms with Gasteiger partial charge in [-0.25, -0.2) is 0 Å². The number of hydrogen-bond donors (Lipinski definition) is 1. The largest absolute Gasteiger partial charge is 0.314 e. The van der Waals surface area contributed by atoms with Gasteiger partial charge in [-0.2, -0.15) is 0 Å². The average Bonchev–Trinajstić information content (AvgIpc) is 2.63. The van der Waals surface area contributed by atoms with Gasteiger partial charge in [-0.15, -0.1) is 0 Å². The van der Waals surface area contributed by atoms with Gasteiger partial charge in [0, 0.05) is 37.8 Å². The van der Waals surface area contributed by atoms with E-state index < -0.39 is 0 Å². The second-order valence-corrected chi connectivity index (χ2v) is 6.52. The molecule has 3 nitrogen and oxygen atoms in total. The maximum atomic E-state index is 4.55. The highest BCUT2D eigenvalue weighted by Crippen LogP contribution is 2.33. The van der Waals surface area contributed by atoms with Crippen LogP contribution in [0, 0.1) is 6.92 Å². The predicted octanol–water partition coefficient (Wildman–Crippen LogP) is 3.54. The quantitative estimate of drug-likeness (QED) is 0.801. The van der Waals surface area contributed by atoms with Gasteiger partial charge in [0.1, 0.15) is 0 Å². The van der Waals surface area contributed by atoms with Crippen molar-refractivity contribution < 1.29 is 0 Å². The Labute approximate surface area is 143 Å². The third-order valence-corrected chi connectivity index (χ3v) is 4.85.